The second-order valence-electron chi connectivity index (χ2n) is 4.08. The summed E-state index contributed by atoms with van der Waals surface area (Å²) in [5.74, 6) is 0. The third kappa shape index (κ3) is 3.50. The van der Waals surface area contributed by atoms with Crippen molar-refractivity contribution >= 4 is 49.1 Å². The van der Waals surface area contributed by atoms with Crippen LogP contribution in [0.2, 0.25) is 5.02 Å². The van der Waals surface area contributed by atoms with E-state index in [1.54, 1.807) is 0 Å². The molecule has 0 heterocycles. The fourth-order valence-corrected chi connectivity index (χ4v) is 3.48. The number of anilines is 1. The first kappa shape index (κ1) is 13.9. The van der Waals surface area contributed by atoms with Crippen molar-refractivity contribution in [3.8, 4) is 0 Å². The Balaban J connectivity index is 2.13. The first-order valence-electron chi connectivity index (χ1n) is 5.50. The molecule has 0 fully saturated rings. The highest BCUT2D eigenvalue weighted by molar-refractivity contribution is 9.11. The Morgan fingerprint density at radius 3 is 2.17 bits per heavy atom. The predicted molar refractivity (Wildman–Crippen MR) is 85.4 cm³/mol. The van der Waals surface area contributed by atoms with Crippen LogP contribution in [0.15, 0.2) is 45.3 Å². The molecule has 0 spiro atoms. The van der Waals surface area contributed by atoms with Gasteiger partial charge in [-0.3, -0.25) is 0 Å². The van der Waals surface area contributed by atoms with Gasteiger partial charge in [-0.15, -0.1) is 0 Å². The van der Waals surface area contributed by atoms with E-state index in [9.17, 15) is 0 Å². The van der Waals surface area contributed by atoms with E-state index in [1.165, 1.54) is 11.1 Å². The zero-order chi connectivity index (χ0) is 13.1. The minimum atomic E-state index is 0.761. The van der Waals surface area contributed by atoms with Crippen molar-refractivity contribution < 1.29 is 0 Å². The summed E-state index contributed by atoms with van der Waals surface area (Å²) in [4.78, 5) is 0. The maximum absolute atomic E-state index is 5.86. The lowest BCUT2D eigenvalue weighted by atomic mass is 10.2. The summed E-state index contributed by atoms with van der Waals surface area (Å²) >= 11 is 13.0. The highest BCUT2D eigenvalue weighted by atomic mass is 79.9. The number of hydrogen-bond donors (Lipinski definition) is 1. The van der Waals surface area contributed by atoms with Crippen LogP contribution in [-0.2, 0) is 6.54 Å². The van der Waals surface area contributed by atoms with Crippen LogP contribution in [-0.4, -0.2) is 0 Å². The minimum Gasteiger partial charge on any atom is -0.379 e. The highest BCUT2D eigenvalue weighted by Gasteiger charge is 2.05. The van der Waals surface area contributed by atoms with Gasteiger partial charge in [0.05, 0.1) is 5.69 Å². The van der Waals surface area contributed by atoms with Crippen molar-refractivity contribution in [1.29, 1.82) is 0 Å². The monoisotopic (exact) mass is 387 g/mol. The Morgan fingerprint density at radius 1 is 1.06 bits per heavy atom. The molecule has 1 nitrogen and oxygen atoms in total. The van der Waals surface area contributed by atoms with Gasteiger partial charge in [-0.1, -0.05) is 23.7 Å². The van der Waals surface area contributed by atoms with Gasteiger partial charge in [0.1, 0.15) is 0 Å². The van der Waals surface area contributed by atoms with E-state index in [0.717, 1.165) is 26.2 Å². The van der Waals surface area contributed by atoms with E-state index in [-0.39, 0.29) is 0 Å². The van der Waals surface area contributed by atoms with E-state index in [0.29, 0.717) is 0 Å². The first-order chi connectivity index (χ1) is 8.56. The fourth-order valence-electron chi connectivity index (χ4n) is 1.66. The molecule has 4 heteroatoms. The Morgan fingerprint density at radius 2 is 1.61 bits per heavy atom. The molecule has 18 heavy (non-hydrogen) atoms. The second-order valence-corrected chi connectivity index (χ2v) is 6.23. The number of nitrogens with one attached hydrogen (secondary N) is 1. The van der Waals surface area contributed by atoms with E-state index < -0.39 is 0 Å². The Labute approximate surface area is 129 Å². The van der Waals surface area contributed by atoms with E-state index in [4.69, 9.17) is 11.6 Å². The van der Waals surface area contributed by atoms with E-state index in [1.807, 2.05) is 24.3 Å². The van der Waals surface area contributed by atoms with Crippen molar-refractivity contribution in [3.05, 3.63) is 61.5 Å². The molecular weight excluding hydrogens is 377 g/mol. The molecule has 0 aliphatic carbocycles. The van der Waals surface area contributed by atoms with Crippen LogP contribution in [0, 0.1) is 6.92 Å². The second kappa shape index (κ2) is 6.09. The van der Waals surface area contributed by atoms with Crippen LogP contribution in [0.3, 0.4) is 0 Å². The number of benzene rings is 2. The Hall–Kier alpha value is -0.510. The lowest BCUT2D eigenvalue weighted by molar-refractivity contribution is 1.14. The summed E-state index contributed by atoms with van der Waals surface area (Å²) in [5.41, 5.74) is 3.47. The molecule has 2 aromatic carbocycles. The number of rotatable bonds is 3. The lowest BCUT2D eigenvalue weighted by Gasteiger charge is -2.12. The molecule has 0 saturated heterocycles. The molecule has 0 unspecified atom stereocenters. The van der Waals surface area contributed by atoms with E-state index in [2.05, 4.69) is 56.2 Å². The van der Waals surface area contributed by atoms with Crippen LogP contribution < -0.4 is 5.32 Å². The molecule has 0 saturated carbocycles. The first-order valence-corrected chi connectivity index (χ1v) is 7.46. The molecule has 94 valence electrons. The third-order valence-electron chi connectivity index (χ3n) is 2.57. The molecule has 0 bridgehead atoms. The highest BCUT2D eigenvalue weighted by Crippen LogP contribution is 2.32. The average Bonchev–Trinajstić information content (AvgIpc) is 2.30. The lowest BCUT2D eigenvalue weighted by Crippen LogP contribution is -2.01. The summed E-state index contributed by atoms with van der Waals surface area (Å²) in [6, 6.07) is 12.0. The molecule has 1 N–H and O–H groups in total. The van der Waals surface area contributed by atoms with Crippen molar-refractivity contribution in [1.82, 2.24) is 0 Å². The van der Waals surface area contributed by atoms with Crippen LogP contribution >= 0.6 is 43.5 Å². The minimum absolute atomic E-state index is 0.761. The smallest absolute Gasteiger partial charge is 0.0631 e. The molecule has 0 aliphatic rings. The van der Waals surface area contributed by atoms with Crippen molar-refractivity contribution in [2.75, 3.05) is 5.32 Å². The van der Waals surface area contributed by atoms with Crippen molar-refractivity contribution in [2.24, 2.45) is 0 Å². The SMILES string of the molecule is Cc1cc(Br)c(NCc2ccc(Cl)cc2)c(Br)c1. The summed E-state index contributed by atoms with van der Waals surface area (Å²) in [7, 11) is 0. The summed E-state index contributed by atoms with van der Waals surface area (Å²) < 4.78 is 2.12. The van der Waals surface area contributed by atoms with Crippen LogP contribution in [0.1, 0.15) is 11.1 Å². The van der Waals surface area contributed by atoms with Crippen LogP contribution in [0.5, 0.6) is 0 Å². The standard InChI is InChI=1S/C14H12Br2ClN/c1-9-6-12(15)14(13(16)7-9)18-8-10-2-4-11(17)5-3-10/h2-7,18H,8H2,1H3. The predicted octanol–water partition coefficient (Wildman–Crippen LogP) is 5.79. The van der Waals surface area contributed by atoms with Gasteiger partial charge in [-0.2, -0.15) is 0 Å². The normalized spacial score (nSPS) is 10.4. The maximum atomic E-state index is 5.86. The largest absolute Gasteiger partial charge is 0.379 e. The molecule has 0 radical (unpaired) electrons. The van der Waals surface area contributed by atoms with Gasteiger partial charge in [-0.05, 0) is 74.2 Å². The number of aryl methyl sites for hydroxylation is 1. The van der Waals surface area contributed by atoms with Gasteiger partial charge < -0.3 is 5.32 Å². The van der Waals surface area contributed by atoms with Crippen LogP contribution in [0.4, 0.5) is 5.69 Å². The topological polar surface area (TPSA) is 12.0 Å². The van der Waals surface area contributed by atoms with Crippen molar-refractivity contribution in [2.45, 2.75) is 13.5 Å². The molecule has 0 aliphatic heterocycles. The van der Waals surface area contributed by atoms with E-state index >= 15 is 0 Å². The van der Waals surface area contributed by atoms with Gasteiger partial charge >= 0.3 is 0 Å². The molecule has 0 atom stereocenters. The van der Waals surface area contributed by atoms with Gasteiger partial charge in [-0.25, -0.2) is 0 Å². The number of halogens is 3. The molecule has 0 amide bonds. The molecule has 2 aromatic rings. The zero-order valence-corrected chi connectivity index (χ0v) is 13.7. The zero-order valence-electron chi connectivity index (χ0n) is 9.81. The molecular formula is C14H12Br2ClN. The van der Waals surface area contributed by atoms with Gasteiger partial charge in [0, 0.05) is 20.5 Å². The average molecular weight is 390 g/mol. The third-order valence-corrected chi connectivity index (χ3v) is 4.07. The number of hydrogen-bond acceptors (Lipinski definition) is 1. The quantitative estimate of drug-likeness (QED) is 0.701. The van der Waals surface area contributed by atoms with Gasteiger partial charge in [0.25, 0.3) is 0 Å². The molecule has 2 rings (SSSR count). The van der Waals surface area contributed by atoms with Crippen molar-refractivity contribution in [3.63, 3.8) is 0 Å². The summed E-state index contributed by atoms with van der Waals surface area (Å²) in [6.45, 7) is 2.83. The Bertz CT molecular complexity index is 529. The summed E-state index contributed by atoms with van der Waals surface area (Å²) in [6.07, 6.45) is 0. The van der Waals surface area contributed by atoms with Crippen LogP contribution in [0.25, 0.3) is 0 Å². The summed E-state index contributed by atoms with van der Waals surface area (Å²) in [5, 5.41) is 4.17. The maximum Gasteiger partial charge on any atom is 0.0631 e. The fraction of sp³-hybridized carbons (Fsp3) is 0.143. The Kier molecular flexibility index (Phi) is 4.71. The van der Waals surface area contributed by atoms with Gasteiger partial charge in [0.15, 0.2) is 0 Å². The van der Waals surface area contributed by atoms with Gasteiger partial charge in [0.2, 0.25) is 0 Å². The molecule has 0 aromatic heterocycles.